The molecule has 0 atom stereocenters. The highest BCUT2D eigenvalue weighted by Crippen LogP contribution is 2.30. The minimum atomic E-state index is -3.59. The Bertz CT molecular complexity index is 948. The molecule has 0 spiro atoms. The number of amides is 1. The highest BCUT2D eigenvalue weighted by molar-refractivity contribution is 7.92. The normalized spacial score (nSPS) is 11.8. The molecule has 164 valence electrons. The topological polar surface area (TPSA) is 75.7 Å². The summed E-state index contributed by atoms with van der Waals surface area (Å²) >= 11 is 0. The van der Waals surface area contributed by atoms with Crippen LogP contribution < -0.4 is 14.4 Å². The van der Waals surface area contributed by atoms with Gasteiger partial charge in [0.15, 0.2) is 0 Å². The van der Waals surface area contributed by atoms with Crippen LogP contribution in [0.5, 0.6) is 5.75 Å². The molecule has 0 bridgehead atoms. The lowest BCUT2D eigenvalue weighted by Gasteiger charge is -2.23. The van der Waals surface area contributed by atoms with Crippen molar-refractivity contribution in [3.8, 4) is 5.75 Å². The fraction of sp³-hybridized carbons (Fsp3) is 0.435. The van der Waals surface area contributed by atoms with Gasteiger partial charge in [0.25, 0.3) is 0 Å². The molecule has 0 heterocycles. The second-order valence-electron chi connectivity index (χ2n) is 8.23. The molecular formula is C23H32N2O4S. The molecule has 1 amide bonds. The van der Waals surface area contributed by atoms with Gasteiger partial charge in [0, 0.05) is 0 Å². The molecule has 0 aliphatic heterocycles. The molecule has 0 radical (unpaired) electrons. The molecule has 2 aromatic carbocycles. The predicted octanol–water partition coefficient (Wildman–Crippen LogP) is 3.51. The van der Waals surface area contributed by atoms with E-state index in [0.717, 1.165) is 33.9 Å². The van der Waals surface area contributed by atoms with Crippen LogP contribution in [0.2, 0.25) is 0 Å². The average Bonchev–Trinajstić information content (AvgIpc) is 2.68. The second kappa shape index (κ2) is 9.98. The van der Waals surface area contributed by atoms with Gasteiger partial charge in [-0.05, 0) is 41.2 Å². The van der Waals surface area contributed by atoms with Crippen LogP contribution in [0.1, 0.15) is 38.8 Å². The van der Waals surface area contributed by atoms with Crippen LogP contribution in [0.4, 0.5) is 5.69 Å². The number of carbonyl (C=O) groups excluding carboxylic acids is 1. The highest BCUT2D eigenvalue weighted by atomic mass is 32.2. The summed E-state index contributed by atoms with van der Waals surface area (Å²) in [4.78, 5) is 12.4. The van der Waals surface area contributed by atoms with Crippen LogP contribution in [0, 0.1) is 0 Å². The molecule has 0 aliphatic rings. The van der Waals surface area contributed by atoms with E-state index < -0.39 is 10.0 Å². The number of rotatable bonds is 9. The molecule has 0 unspecified atom stereocenters. The third-order valence-electron chi connectivity index (χ3n) is 4.70. The van der Waals surface area contributed by atoms with Crippen molar-refractivity contribution in [3.63, 3.8) is 0 Å². The second-order valence-corrected chi connectivity index (χ2v) is 10.1. The van der Waals surface area contributed by atoms with Crippen molar-refractivity contribution in [2.75, 3.05) is 30.3 Å². The Morgan fingerprint density at radius 1 is 1.07 bits per heavy atom. The lowest BCUT2D eigenvalue weighted by Crippen LogP contribution is -2.41. The molecule has 2 aromatic rings. The van der Waals surface area contributed by atoms with Crippen molar-refractivity contribution in [2.45, 2.75) is 39.5 Å². The summed E-state index contributed by atoms with van der Waals surface area (Å²) in [5.74, 6) is 0.403. The number of ether oxygens (including phenoxy) is 1. The van der Waals surface area contributed by atoms with Crippen LogP contribution in [0.25, 0.3) is 0 Å². The van der Waals surface area contributed by atoms with Crippen molar-refractivity contribution in [3.05, 3.63) is 59.7 Å². The largest absolute Gasteiger partial charge is 0.491 e. The minimum absolute atomic E-state index is 0.0524. The van der Waals surface area contributed by atoms with Crippen molar-refractivity contribution in [2.24, 2.45) is 0 Å². The summed E-state index contributed by atoms with van der Waals surface area (Å²) < 4.78 is 31.3. The van der Waals surface area contributed by atoms with Gasteiger partial charge >= 0.3 is 0 Å². The van der Waals surface area contributed by atoms with Crippen LogP contribution >= 0.6 is 0 Å². The molecule has 6 nitrogen and oxygen atoms in total. The van der Waals surface area contributed by atoms with Crippen LogP contribution in [0.15, 0.2) is 48.5 Å². The van der Waals surface area contributed by atoms with E-state index in [1.807, 2.05) is 43.3 Å². The van der Waals surface area contributed by atoms with Crippen LogP contribution in [-0.4, -0.2) is 40.3 Å². The Morgan fingerprint density at radius 3 is 2.27 bits per heavy atom. The molecule has 0 saturated carbocycles. The van der Waals surface area contributed by atoms with Gasteiger partial charge in [-0.3, -0.25) is 9.10 Å². The number of nitrogens with zero attached hydrogens (tertiary/aromatic N) is 1. The van der Waals surface area contributed by atoms with Gasteiger partial charge in [0.1, 0.15) is 18.9 Å². The first kappa shape index (κ1) is 23.7. The molecule has 1 N–H and O–H groups in total. The molecule has 0 fully saturated rings. The predicted molar refractivity (Wildman–Crippen MR) is 122 cm³/mol. The van der Waals surface area contributed by atoms with Gasteiger partial charge in [0.2, 0.25) is 15.9 Å². The van der Waals surface area contributed by atoms with E-state index in [4.69, 9.17) is 4.74 Å². The Hall–Kier alpha value is -2.54. The fourth-order valence-electron chi connectivity index (χ4n) is 3.05. The third-order valence-corrected chi connectivity index (χ3v) is 5.84. The van der Waals surface area contributed by atoms with Crippen molar-refractivity contribution < 1.29 is 17.9 Å². The van der Waals surface area contributed by atoms with E-state index in [-0.39, 0.29) is 24.4 Å². The van der Waals surface area contributed by atoms with Crippen molar-refractivity contribution in [1.29, 1.82) is 0 Å². The number of benzene rings is 2. The molecule has 0 saturated heterocycles. The first-order chi connectivity index (χ1) is 14.0. The van der Waals surface area contributed by atoms with Crippen LogP contribution in [0.3, 0.4) is 0 Å². The molecule has 0 aliphatic carbocycles. The Labute approximate surface area is 180 Å². The lowest BCUT2D eigenvalue weighted by atomic mass is 9.86. The highest BCUT2D eigenvalue weighted by Gasteiger charge is 2.21. The SMILES string of the molecule is CCc1ccc(N(CC(=O)NCCOc2ccccc2C(C)(C)C)S(C)(=O)=O)cc1. The van der Waals surface area contributed by atoms with Gasteiger partial charge in [-0.25, -0.2) is 8.42 Å². The molecular weight excluding hydrogens is 400 g/mol. The van der Waals surface area contributed by atoms with Crippen molar-refractivity contribution in [1.82, 2.24) is 5.32 Å². The van der Waals surface area contributed by atoms with E-state index in [1.165, 1.54) is 0 Å². The van der Waals surface area contributed by atoms with E-state index in [9.17, 15) is 13.2 Å². The standard InChI is InChI=1S/C23H32N2O4S/c1-6-18-11-13-19(14-12-18)25(30(5,27)28)17-22(26)24-15-16-29-21-10-8-7-9-20(21)23(2,3)4/h7-14H,6,15-17H2,1-5H3,(H,24,26). The van der Waals surface area contributed by atoms with Gasteiger partial charge < -0.3 is 10.1 Å². The Kier molecular flexibility index (Phi) is 7.89. The molecule has 0 aromatic heterocycles. The van der Waals surface area contributed by atoms with E-state index >= 15 is 0 Å². The van der Waals surface area contributed by atoms with Crippen molar-refractivity contribution >= 4 is 21.6 Å². The van der Waals surface area contributed by atoms with E-state index in [2.05, 4.69) is 26.1 Å². The van der Waals surface area contributed by atoms with Gasteiger partial charge in [-0.2, -0.15) is 0 Å². The number of hydrogen-bond donors (Lipinski definition) is 1. The maximum atomic E-state index is 12.4. The maximum absolute atomic E-state index is 12.4. The van der Waals surface area contributed by atoms with E-state index in [0.29, 0.717) is 12.3 Å². The minimum Gasteiger partial charge on any atom is -0.491 e. The number of anilines is 1. The van der Waals surface area contributed by atoms with E-state index in [1.54, 1.807) is 12.1 Å². The van der Waals surface area contributed by atoms with Gasteiger partial charge in [-0.1, -0.05) is 58.0 Å². The number of aryl methyl sites for hydroxylation is 1. The summed E-state index contributed by atoms with van der Waals surface area (Å²) in [5, 5.41) is 2.74. The Morgan fingerprint density at radius 2 is 1.70 bits per heavy atom. The number of sulfonamides is 1. The summed E-state index contributed by atoms with van der Waals surface area (Å²) in [6.07, 6.45) is 1.96. The summed E-state index contributed by atoms with van der Waals surface area (Å²) in [6, 6.07) is 15.0. The summed E-state index contributed by atoms with van der Waals surface area (Å²) in [6.45, 7) is 8.67. The zero-order valence-electron chi connectivity index (χ0n) is 18.4. The number of hydrogen-bond acceptors (Lipinski definition) is 4. The first-order valence-corrected chi connectivity index (χ1v) is 11.9. The number of carbonyl (C=O) groups is 1. The monoisotopic (exact) mass is 432 g/mol. The number of nitrogens with one attached hydrogen (secondary N) is 1. The quantitative estimate of drug-likeness (QED) is 0.615. The smallest absolute Gasteiger partial charge is 0.240 e. The lowest BCUT2D eigenvalue weighted by molar-refractivity contribution is -0.119. The average molecular weight is 433 g/mol. The van der Waals surface area contributed by atoms with Gasteiger partial charge in [-0.15, -0.1) is 0 Å². The summed E-state index contributed by atoms with van der Waals surface area (Å²) in [5.41, 5.74) is 2.61. The molecule has 2 rings (SSSR count). The zero-order chi connectivity index (χ0) is 22.4. The van der Waals surface area contributed by atoms with Gasteiger partial charge in [0.05, 0.1) is 18.5 Å². The summed E-state index contributed by atoms with van der Waals surface area (Å²) in [7, 11) is -3.59. The molecule has 30 heavy (non-hydrogen) atoms. The number of para-hydroxylation sites is 1. The fourth-order valence-corrected chi connectivity index (χ4v) is 3.90. The van der Waals surface area contributed by atoms with Crippen LogP contribution in [-0.2, 0) is 26.7 Å². The Balaban J connectivity index is 1.94. The molecule has 7 heteroatoms. The zero-order valence-corrected chi connectivity index (χ0v) is 19.3. The third kappa shape index (κ3) is 6.76. The maximum Gasteiger partial charge on any atom is 0.240 e. The first-order valence-electron chi connectivity index (χ1n) is 10.1.